The van der Waals surface area contributed by atoms with Crippen molar-refractivity contribution in [1.29, 1.82) is 0 Å². The third-order valence-corrected chi connectivity index (χ3v) is 4.43. The summed E-state index contributed by atoms with van der Waals surface area (Å²) in [5.74, 6) is 0.0155. The van der Waals surface area contributed by atoms with Gasteiger partial charge in [-0.2, -0.15) is 0 Å². The number of hydrogen-bond acceptors (Lipinski definition) is 5. The molecule has 1 aliphatic heterocycles. The number of carbonyl (C=O) groups excluding carboxylic acids is 1. The first-order chi connectivity index (χ1) is 9.91. The maximum atomic E-state index is 12.6. The molecule has 7 heteroatoms. The summed E-state index contributed by atoms with van der Waals surface area (Å²) < 4.78 is 6.07. The van der Waals surface area contributed by atoms with Gasteiger partial charge in [-0.1, -0.05) is 0 Å². The zero-order valence-electron chi connectivity index (χ0n) is 12.3. The van der Waals surface area contributed by atoms with Crippen LogP contribution in [0.5, 0.6) is 0 Å². The molecule has 1 aromatic carbocycles. The number of morpholine rings is 1. The number of amides is 1. The highest BCUT2D eigenvalue weighted by Gasteiger charge is 2.27. The van der Waals surface area contributed by atoms with E-state index in [1.807, 2.05) is 6.92 Å². The highest BCUT2D eigenvalue weighted by atomic mass is 79.9. The average molecular weight is 357 g/mol. The molecule has 1 fully saturated rings. The zero-order valence-corrected chi connectivity index (χ0v) is 13.9. The van der Waals surface area contributed by atoms with Gasteiger partial charge in [0.15, 0.2) is 0 Å². The number of nitrogen functional groups attached to an aromatic ring is 2. The molecule has 1 saturated heterocycles. The van der Waals surface area contributed by atoms with E-state index >= 15 is 0 Å². The van der Waals surface area contributed by atoms with Crippen LogP contribution in [0.15, 0.2) is 16.6 Å². The number of hydrogen-bond donors (Lipinski definition) is 2. The molecule has 1 aromatic rings. The van der Waals surface area contributed by atoms with Gasteiger partial charge in [0.2, 0.25) is 5.91 Å². The summed E-state index contributed by atoms with van der Waals surface area (Å²) in [5, 5.41) is 0. The van der Waals surface area contributed by atoms with E-state index in [-0.39, 0.29) is 11.9 Å². The van der Waals surface area contributed by atoms with E-state index in [9.17, 15) is 4.79 Å². The SMILES string of the molecule is CC(C(=O)N(C)c1cc(N)c(N)cc1Br)N1CCOCC1. The van der Waals surface area contributed by atoms with Crippen LogP contribution in [0.25, 0.3) is 0 Å². The molecule has 116 valence electrons. The predicted molar refractivity (Wildman–Crippen MR) is 88.2 cm³/mol. The van der Waals surface area contributed by atoms with Gasteiger partial charge in [0.05, 0.1) is 36.3 Å². The molecule has 1 heterocycles. The van der Waals surface area contributed by atoms with Crippen molar-refractivity contribution in [2.24, 2.45) is 0 Å². The van der Waals surface area contributed by atoms with Crippen molar-refractivity contribution in [2.75, 3.05) is 49.7 Å². The van der Waals surface area contributed by atoms with Crippen LogP contribution in [0.2, 0.25) is 0 Å². The van der Waals surface area contributed by atoms with Gasteiger partial charge < -0.3 is 21.1 Å². The maximum Gasteiger partial charge on any atom is 0.243 e. The van der Waals surface area contributed by atoms with Gasteiger partial charge in [-0.3, -0.25) is 9.69 Å². The molecular formula is C14H21BrN4O2. The van der Waals surface area contributed by atoms with Crippen molar-refractivity contribution >= 4 is 38.9 Å². The van der Waals surface area contributed by atoms with Crippen LogP contribution < -0.4 is 16.4 Å². The Hall–Kier alpha value is -1.31. The number of likely N-dealkylation sites (N-methyl/N-ethyl adjacent to an activating group) is 1. The number of ether oxygens (including phenoxy) is 1. The molecule has 2 rings (SSSR count). The van der Waals surface area contributed by atoms with E-state index in [0.717, 1.165) is 17.6 Å². The van der Waals surface area contributed by atoms with Crippen molar-refractivity contribution in [3.63, 3.8) is 0 Å². The summed E-state index contributed by atoms with van der Waals surface area (Å²) in [5.41, 5.74) is 13.3. The van der Waals surface area contributed by atoms with Gasteiger partial charge in [-0.25, -0.2) is 0 Å². The predicted octanol–water partition coefficient (Wildman–Crippen LogP) is 1.30. The van der Waals surface area contributed by atoms with Crippen LogP contribution in [0.1, 0.15) is 6.92 Å². The topological polar surface area (TPSA) is 84.8 Å². The Morgan fingerprint density at radius 1 is 1.33 bits per heavy atom. The minimum atomic E-state index is -0.204. The fourth-order valence-corrected chi connectivity index (χ4v) is 3.00. The first-order valence-electron chi connectivity index (χ1n) is 6.85. The molecule has 0 bridgehead atoms. The first-order valence-corrected chi connectivity index (χ1v) is 7.65. The fourth-order valence-electron chi connectivity index (χ4n) is 2.37. The van der Waals surface area contributed by atoms with Crippen LogP contribution in [0.4, 0.5) is 17.1 Å². The molecule has 4 N–H and O–H groups in total. The molecule has 1 aliphatic rings. The van der Waals surface area contributed by atoms with Crippen molar-refractivity contribution in [3.8, 4) is 0 Å². The molecular weight excluding hydrogens is 336 g/mol. The Labute approximate surface area is 133 Å². The molecule has 21 heavy (non-hydrogen) atoms. The van der Waals surface area contributed by atoms with Gasteiger partial charge >= 0.3 is 0 Å². The minimum Gasteiger partial charge on any atom is -0.397 e. The lowest BCUT2D eigenvalue weighted by molar-refractivity contribution is -0.124. The van der Waals surface area contributed by atoms with E-state index in [2.05, 4.69) is 20.8 Å². The maximum absolute atomic E-state index is 12.6. The van der Waals surface area contributed by atoms with E-state index in [1.54, 1.807) is 24.1 Å². The lowest BCUT2D eigenvalue weighted by atomic mass is 10.2. The lowest BCUT2D eigenvalue weighted by Gasteiger charge is -2.33. The lowest BCUT2D eigenvalue weighted by Crippen LogP contribution is -2.50. The second kappa shape index (κ2) is 6.64. The van der Waals surface area contributed by atoms with Gasteiger partial charge in [0.1, 0.15) is 0 Å². The Kier molecular flexibility index (Phi) is 5.08. The highest BCUT2D eigenvalue weighted by molar-refractivity contribution is 9.10. The van der Waals surface area contributed by atoms with Crippen LogP contribution in [0.3, 0.4) is 0 Å². The monoisotopic (exact) mass is 356 g/mol. The van der Waals surface area contributed by atoms with Crippen LogP contribution in [-0.4, -0.2) is 50.2 Å². The van der Waals surface area contributed by atoms with Crippen molar-refractivity contribution in [1.82, 2.24) is 4.90 Å². The smallest absolute Gasteiger partial charge is 0.243 e. The third-order valence-electron chi connectivity index (χ3n) is 3.80. The Bertz CT molecular complexity index is 532. The Morgan fingerprint density at radius 3 is 2.52 bits per heavy atom. The number of carbonyl (C=O) groups is 1. The number of nitrogens with zero attached hydrogens (tertiary/aromatic N) is 2. The van der Waals surface area contributed by atoms with Gasteiger partial charge in [0, 0.05) is 24.6 Å². The molecule has 1 atom stereocenters. The van der Waals surface area contributed by atoms with Crippen molar-refractivity contribution in [3.05, 3.63) is 16.6 Å². The zero-order chi connectivity index (χ0) is 15.6. The number of benzene rings is 1. The first kappa shape index (κ1) is 16.1. The second-order valence-electron chi connectivity index (χ2n) is 5.15. The molecule has 0 radical (unpaired) electrons. The number of nitrogens with two attached hydrogens (primary N) is 2. The largest absolute Gasteiger partial charge is 0.397 e. The van der Waals surface area contributed by atoms with Gasteiger partial charge in [0.25, 0.3) is 0 Å². The molecule has 0 aliphatic carbocycles. The third kappa shape index (κ3) is 3.48. The molecule has 1 amide bonds. The van der Waals surface area contributed by atoms with E-state index in [4.69, 9.17) is 16.2 Å². The minimum absolute atomic E-state index is 0.0155. The average Bonchev–Trinajstić information content (AvgIpc) is 2.49. The summed E-state index contributed by atoms with van der Waals surface area (Å²) >= 11 is 3.43. The van der Waals surface area contributed by atoms with Crippen LogP contribution in [0, 0.1) is 0 Å². The summed E-state index contributed by atoms with van der Waals surface area (Å²) in [6.07, 6.45) is 0. The van der Waals surface area contributed by atoms with E-state index in [1.165, 1.54) is 0 Å². The Balaban J connectivity index is 2.16. The van der Waals surface area contributed by atoms with Crippen LogP contribution >= 0.6 is 15.9 Å². The second-order valence-corrected chi connectivity index (χ2v) is 6.01. The molecule has 0 saturated carbocycles. The number of rotatable bonds is 3. The normalized spacial score (nSPS) is 17.5. The highest BCUT2D eigenvalue weighted by Crippen LogP contribution is 2.32. The van der Waals surface area contributed by atoms with Crippen LogP contribution in [-0.2, 0) is 9.53 Å². The van der Waals surface area contributed by atoms with Gasteiger partial charge in [-0.05, 0) is 35.0 Å². The molecule has 1 unspecified atom stereocenters. The number of anilines is 3. The summed E-state index contributed by atoms with van der Waals surface area (Å²) in [6, 6.07) is 3.22. The fraction of sp³-hybridized carbons (Fsp3) is 0.500. The summed E-state index contributed by atoms with van der Waals surface area (Å²) in [4.78, 5) is 16.4. The van der Waals surface area contributed by atoms with E-state index < -0.39 is 0 Å². The van der Waals surface area contributed by atoms with Gasteiger partial charge in [-0.15, -0.1) is 0 Å². The number of halogens is 1. The van der Waals surface area contributed by atoms with Crippen molar-refractivity contribution < 1.29 is 9.53 Å². The van der Waals surface area contributed by atoms with Crippen molar-refractivity contribution in [2.45, 2.75) is 13.0 Å². The Morgan fingerprint density at radius 2 is 1.90 bits per heavy atom. The summed E-state index contributed by atoms with van der Waals surface area (Å²) in [6.45, 7) is 4.79. The molecule has 0 aromatic heterocycles. The standard InChI is InChI=1S/C14H21BrN4O2/c1-9(19-3-5-21-6-4-19)14(20)18(2)13-8-12(17)11(16)7-10(13)15/h7-9H,3-6,16-17H2,1-2H3. The quantitative estimate of drug-likeness (QED) is 0.797. The summed E-state index contributed by atoms with van der Waals surface area (Å²) in [7, 11) is 1.75. The molecule has 6 nitrogen and oxygen atoms in total. The van der Waals surface area contributed by atoms with E-state index in [0.29, 0.717) is 30.3 Å². The molecule has 0 spiro atoms.